The number of rotatable bonds is 1. The predicted octanol–water partition coefficient (Wildman–Crippen LogP) is 2.90. The molecule has 0 aromatic heterocycles. The molecule has 1 aromatic carbocycles. The zero-order chi connectivity index (χ0) is 9.59. The van der Waals surface area contributed by atoms with E-state index in [0.29, 0.717) is 5.92 Å². The lowest BCUT2D eigenvalue weighted by atomic mass is 9.97. The number of aryl methyl sites for hydroxylation is 1. The Labute approximate surface area is 77.8 Å². The van der Waals surface area contributed by atoms with E-state index in [2.05, 4.69) is 0 Å². The van der Waals surface area contributed by atoms with E-state index in [1.165, 1.54) is 18.4 Å². The van der Waals surface area contributed by atoms with E-state index in [-0.39, 0.29) is 11.5 Å². The van der Waals surface area contributed by atoms with Gasteiger partial charge in [-0.15, -0.1) is 0 Å². The van der Waals surface area contributed by atoms with Gasteiger partial charge in [-0.1, -0.05) is 0 Å². The van der Waals surface area contributed by atoms with Gasteiger partial charge in [0.1, 0.15) is 5.82 Å². The highest BCUT2D eigenvalue weighted by Gasteiger charge is 2.28. The molecular weight excluding hydrogens is 165 g/mol. The topological polar surface area (TPSA) is 26.0 Å². The van der Waals surface area contributed by atoms with Gasteiger partial charge in [-0.05, 0) is 55.4 Å². The van der Waals surface area contributed by atoms with Gasteiger partial charge in [0.25, 0.3) is 0 Å². The first-order valence-electron chi connectivity index (χ1n) is 4.66. The molecule has 0 atom stereocenters. The quantitative estimate of drug-likeness (QED) is 0.659. The maximum atomic E-state index is 13.4. The van der Waals surface area contributed by atoms with Crippen molar-refractivity contribution < 1.29 is 4.39 Å². The van der Waals surface area contributed by atoms with E-state index < -0.39 is 0 Å². The first kappa shape index (κ1) is 8.54. The fourth-order valence-electron chi connectivity index (χ4n) is 2.01. The van der Waals surface area contributed by atoms with Crippen LogP contribution in [0.4, 0.5) is 10.1 Å². The fourth-order valence-corrected chi connectivity index (χ4v) is 2.01. The number of nitrogens with two attached hydrogens (primary N) is 1. The van der Waals surface area contributed by atoms with Crippen LogP contribution in [0.1, 0.15) is 35.4 Å². The maximum absolute atomic E-state index is 13.4. The highest BCUT2D eigenvalue weighted by atomic mass is 19.1. The number of nitrogen functional groups attached to an aromatic ring is 1. The molecule has 0 aliphatic heterocycles. The van der Waals surface area contributed by atoms with Gasteiger partial charge >= 0.3 is 0 Å². The van der Waals surface area contributed by atoms with Crippen molar-refractivity contribution in [2.24, 2.45) is 0 Å². The Bertz CT molecular complexity index is 354. The third-order valence-corrected chi connectivity index (χ3v) is 2.77. The highest BCUT2D eigenvalue weighted by molar-refractivity contribution is 5.52. The third-order valence-electron chi connectivity index (χ3n) is 2.77. The van der Waals surface area contributed by atoms with Crippen molar-refractivity contribution in [2.45, 2.75) is 32.6 Å². The molecule has 13 heavy (non-hydrogen) atoms. The zero-order valence-electron chi connectivity index (χ0n) is 8.02. The van der Waals surface area contributed by atoms with Gasteiger partial charge in [-0.3, -0.25) is 0 Å². The second kappa shape index (κ2) is 2.72. The molecule has 1 fully saturated rings. The molecule has 0 heterocycles. The molecule has 1 aromatic rings. The Balaban J connectivity index is 2.60. The predicted molar refractivity (Wildman–Crippen MR) is 52.3 cm³/mol. The van der Waals surface area contributed by atoms with Crippen molar-refractivity contribution in [1.29, 1.82) is 0 Å². The molecule has 0 spiro atoms. The monoisotopic (exact) mass is 179 g/mol. The molecule has 70 valence electrons. The zero-order valence-corrected chi connectivity index (χ0v) is 8.02. The number of benzene rings is 1. The second-order valence-corrected chi connectivity index (χ2v) is 3.91. The van der Waals surface area contributed by atoms with Gasteiger partial charge < -0.3 is 5.73 Å². The Morgan fingerprint density at radius 3 is 2.54 bits per heavy atom. The summed E-state index contributed by atoms with van der Waals surface area (Å²) < 4.78 is 13.4. The molecule has 0 bridgehead atoms. The number of hydrogen-bond acceptors (Lipinski definition) is 1. The summed E-state index contributed by atoms with van der Waals surface area (Å²) in [5.74, 6) is 0.364. The number of hydrogen-bond donors (Lipinski definition) is 1. The molecule has 0 amide bonds. The minimum atomic E-state index is -0.229. The summed E-state index contributed by atoms with van der Waals surface area (Å²) in [4.78, 5) is 0. The third kappa shape index (κ3) is 1.30. The van der Waals surface area contributed by atoms with E-state index in [1.807, 2.05) is 13.8 Å². The van der Waals surface area contributed by atoms with E-state index >= 15 is 0 Å². The lowest BCUT2D eigenvalue weighted by molar-refractivity contribution is 0.619. The summed E-state index contributed by atoms with van der Waals surface area (Å²) >= 11 is 0. The van der Waals surface area contributed by atoms with Gasteiger partial charge in [0.2, 0.25) is 0 Å². The molecule has 0 saturated heterocycles. The van der Waals surface area contributed by atoms with E-state index in [4.69, 9.17) is 5.73 Å². The van der Waals surface area contributed by atoms with Crippen LogP contribution >= 0.6 is 0 Å². The molecular formula is C11H14FN. The summed E-state index contributed by atoms with van der Waals surface area (Å²) in [5, 5.41) is 0. The van der Waals surface area contributed by atoms with Crippen LogP contribution in [0.15, 0.2) is 6.07 Å². The molecule has 2 N–H and O–H groups in total. The van der Waals surface area contributed by atoms with Crippen LogP contribution in [0.2, 0.25) is 0 Å². The summed E-state index contributed by atoms with van der Waals surface area (Å²) in [5.41, 5.74) is 8.89. The van der Waals surface area contributed by atoms with Gasteiger partial charge in [-0.2, -0.15) is 0 Å². The Kier molecular flexibility index (Phi) is 1.79. The van der Waals surface area contributed by atoms with Crippen LogP contribution in [0.25, 0.3) is 0 Å². The first-order valence-corrected chi connectivity index (χ1v) is 4.66. The fraction of sp³-hybridized carbons (Fsp3) is 0.455. The molecule has 0 unspecified atom stereocenters. The van der Waals surface area contributed by atoms with Crippen LogP contribution in [-0.4, -0.2) is 0 Å². The van der Waals surface area contributed by atoms with Crippen molar-refractivity contribution in [1.82, 2.24) is 0 Å². The summed E-state index contributed by atoms with van der Waals surface area (Å²) in [6, 6.07) is 1.75. The van der Waals surface area contributed by atoms with Crippen LogP contribution in [-0.2, 0) is 0 Å². The number of halogens is 1. The standard InChI is InChI=1S/C11H14FN/c1-6-5-9(13)11(12)7(2)10(6)8-3-4-8/h5,8H,3-4,13H2,1-2H3. The minimum absolute atomic E-state index is 0.229. The van der Waals surface area contributed by atoms with E-state index in [9.17, 15) is 4.39 Å². The molecule has 1 saturated carbocycles. The van der Waals surface area contributed by atoms with Crippen LogP contribution in [0, 0.1) is 19.7 Å². The molecule has 1 aliphatic carbocycles. The van der Waals surface area contributed by atoms with Crippen molar-refractivity contribution >= 4 is 5.69 Å². The molecule has 1 aliphatic rings. The van der Waals surface area contributed by atoms with E-state index in [1.54, 1.807) is 6.07 Å². The smallest absolute Gasteiger partial charge is 0.149 e. The molecule has 2 heteroatoms. The molecule has 2 rings (SSSR count). The second-order valence-electron chi connectivity index (χ2n) is 3.91. The normalized spacial score (nSPS) is 16.2. The highest BCUT2D eigenvalue weighted by Crippen LogP contribution is 2.44. The summed E-state index contributed by atoms with van der Waals surface area (Å²) in [7, 11) is 0. The van der Waals surface area contributed by atoms with Crippen molar-refractivity contribution in [3.8, 4) is 0 Å². The average molecular weight is 179 g/mol. The number of anilines is 1. The minimum Gasteiger partial charge on any atom is -0.396 e. The Morgan fingerprint density at radius 1 is 1.38 bits per heavy atom. The SMILES string of the molecule is Cc1cc(N)c(F)c(C)c1C1CC1. The first-order chi connectivity index (χ1) is 6.11. The van der Waals surface area contributed by atoms with Gasteiger partial charge in [0.15, 0.2) is 0 Å². The van der Waals surface area contributed by atoms with Crippen molar-refractivity contribution in [2.75, 3.05) is 5.73 Å². The van der Waals surface area contributed by atoms with Crippen LogP contribution in [0.5, 0.6) is 0 Å². The average Bonchev–Trinajstić information content (AvgIpc) is 2.84. The summed E-state index contributed by atoms with van der Waals surface area (Å²) in [6.07, 6.45) is 2.40. The van der Waals surface area contributed by atoms with Crippen molar-refractivity contribution in [3.63, 3.8) is 0 Å². The molecule has 1 nitrogen and oxygen atoms in total. The molecule has 0 radical (unpaired) electrons. The van der Waals surface area contributed by atoms with Crippen LogP contribution in [0.3, 0.4) is 0 Å². The lowest BCUT2D eigenvalue weighted by Gasteiger charge is -2.11. The van der Waals surface area contributed by atoms with Crippen molar-refractivity contribution in [3.05, 3.63) is 28.6 Å². The summed E-state index contributed by atoms with van der Waals surface area (Å²) in [6.45, 7) is 3.84. The van der Waals surface area contributed by atoms with Gasteiger partial charge in [0, 0.05) is 0 Å². The van der Waals surface area contributed by atoms with Gasteiger partial charge in [0.05, 0.1) is 5.69 Å². The lowest BCUT2D eigenvalue weighted by Crippen LogP contribution is -2.00. The van der Waals surface area contributed by atoms with Gasteiger partial charge in [-0.25, -0.2) is 4.39 Å². The maximum Gasteiger partial charge on any atom is 0.149 e. The Hall–Kier alpha value is -1.05. The van der Waals surface area contributed by atoms with Crippen LogP contribution < -0.4 is 5.73 Å². The van der Waals surface area contributed by atoms with E-state index in [0.717, 1.165) is 11.1 Å². The Morgan fingerprint density at radius 2 is 2.00 bits per heavy atom. The largest absolute Gasteiger partial charge is 0.396 e.